The largest absolute Gasteiger partial charge is 0.434 e. The van der Waals surface area contributed by atoms with E-state index in [-0.39, 0.29) is 12.0 Å². The molecule has 0 unspecified atom stereocenters. The van der Waals surface area contributed by atoms with E-state index < -0.39 is 23.5 Å². The lowest BCUT2D eigenvalue weighted by Crippen LogP contribution is -2.19. The second kappa shape index (κ2) is 8.09. The van der Waals surface area contributed by atoms with Gasteiger partial charge in [0.05, 0.1) is 24.0 Å². The minimum atomic E-state index is -4.68. The molecule has 4 rings (SSSR count). The van der Waals surface area contributed by atoms with Crippen molar-refractivity contribution in [2.45, 2.75) is 44.8 Å². The van der Waals surface area contributed by atoms with Gasteiger partial charge in [0.2, 0.25) is 0 Å². The number of benzene rings is 1. The zero-order valence-corrected chi connectivity index (χ0v) is 16.7. The summed E-state index contributed by atoms with van der Waals surface area (Å²) in [6, 6.07) is 3.77. The van der Waals surface area contributed by atoms with Crippen molar-refractivity contribution in [3.63, 3.8) is 0 Å². The number of aromatic nitrogens is 4. The molecular formula is C21H20F3N5O2. The summed E-state index contributed by atoms with van der Waals surface area (Å²) in [5.41, 5.74) is 0.290. The van der Waals surface area contributed by atoms with Crippen molar-refractivity contribution in [1.29, 1.82) is 0 Å². The normalized spacial score (nSPS) is 19.4. The van der Waals surface area contributed by atoms with Gasteiger partial charge in [-0.1, -0.05) is 0 Å². The second-order valence-electron chi connectivity index (χ2n) is 7.78. The Labute approximate surface area is 175 Å². The van der Waals surface area contributed by atoms with E-state index >= 15 is 0 Å². The Kier molecular flexibility index (Phi) is 5.47. The van der Waals surface area contributed by atoms with Crippen molar-refractivity contribution in [3.05, 3.63) is 47.7 Å². The Hall–Kier alpha value is -3.30. The van der Waals surface area contributed by atoms with Gasteiger partial charge in [-0.15, -0.1) is 0 Å². The summed E-state index contributed by atoms with van der Waals surface area (Å²) in [5, 5.41) is 8.05. The first-order valence-electron chi connectivity index (χ1n) is 9.90. The van der Waals surface area contributed by atoms with Crippen molar-refractivity contribution in [3.8, 4) is 0 Å². The van der Waals surface area contributed by atoms with E-state index in [0.29, 0.717) is 11.9 Å². The zero-order chi connectivity index (χ0) is 22.2. The van der Waals surface area contributed by atoms with Crippen LogP contribution in [0.4, 0.5) is 18.9 Å². The van der Waals surface area contributed by atoms with Gasteiger partial charge in [0.15, 0.2) is 5.69 Å². The van der Waals surface area contributed by atoms with E-state index in [0.717, 1.165) is 54.6 Å². The number of halogens is 3. The summed E-state index contributed by atoms with van der Waals surface area (Å²) in [6.07, 6.45) is 3.20. The van der Waals surface area contributed by atoms with Gasteiger partial charge >= 0.3 is 6.18 Å². The zero-order valence-electron chi connectivity index (χ0n) is 16.7. The molecule has 2 aromatic heterocycles. The number of aldehydes is 1. The maximum absolute atomic E-state index is 12.8. The molecule has 0 atom stereocenters. The number of alkyl halides is 3. The smallest absolute Gasteiger partial charge is 0.320 e. The molecule has 1 aromatic carbocycles. The Morgan fingerprint density at radius 1 is 1.19 bits per heavy atom. The molecule has 7 nitrogen and oxygen atoms in total. The summed E-state index contributed by atoms with van der Waals surface area (Å²) in [5.74, 6) is -0.662. The van der Waals surface area contributed by atoms with Crippen LogP contribution in [-0.4, -0.2) is 31.9 Å². The number of carbonyl (C=O) groups is 2. The third-order valence-electron chi connectivity index (χ3n) is 5.58. The van der Waals surface area contributed by atoms with Crippen molar-refractivity contribution < 1.29 is 22.8 Å². The maximum atomic E-state index is 12.8. The fraction of sp³-hybridized carbons (Fsp3) is 0.381. The third-order valence-corrected chi connectivity index (χ3v) is 5.58. The molecule has 0 saturated heterocycles. The molecule has 1 amide bonds. The second-order valence-corrected chi connectivity index (χ2v) is 7.78. The van der Waals surface area contributed by atoms with Crippen LogP contribution in [0.2, 0.25) is 0 Å². The molecule has 0 bridgehead atoms. The van der Waals surface area contributed by atoms with Crippen LogP contribution in [0.5, 0.6) is 0 Å². The monoisotopic (exact) mass is 431 g/mol. The van der Waals surface area contributed by atoms with Crippen LogP contribution in [-0.2, 0) is 11.0 Å². The SMILES string of the molecule is Cc1cc2nn(C3CCC(C=O)CC3)cc2cc1NC(=O)c1cncc(C(F)(F)F)n1. The van der Waals surface area contributed by atoms with Crippen molar-refractivity contribution in [1.82, 2.24) is 19.7 Å². The number of amides is 1. The van der Waals surface area contributed by atoms with Crippen LogP contribution in [0.1, 0.15) is 53.5 Å². The van der Waals surface area contributed by atoms with Gasteiger partial charge in [-0.05, 0) is 50.3 Å². The van der Waals surface area contributed by atoms with E-state index in [1.165, 1.54) is 0 Å². The summed E-state index contributed by atoms with van der Waals surface area (Å²) in [7, 11) is 0. The summed E-state index contributed by atoms with van der Waals surface area (Å²) in [6.45, 7) is 1.78. The van der Waals surface area contributed by atoms with Crippen LogP contribution < -0.4 is 5.32 Å². The van der Waals surface area contributed by atoms with Gasteiger partial charge in [0.25, 0.3) is 5.91 Å². The number of carbonyl (C=O) groups excluding carboxylic acids is 2. The lowest BCUT2D eigenvalue weighted by molar-refractivity contribution is -0.141. The van der Waals surface area contributed by atoms with Crippen LogP contribution >= 0.6 is 0 Å². The minimum Gasteiger partial charge on any atom is -0.320 e. The molecule has 1 fully saturated rings. The molecule has 1 aliphatic rings. The van der Waals surface area contributed by atoms with Gasteiger partial charge in [0.1, 0.15) is 12.0 Å². The molecule has 2 heterocycles. The highest BCUT2D eigenvalue weighted by atomic mass is 19.4. The van der Waals surface area contributed by atoms with E-state index in [1.807, 2.05) is 16.9 Å². The molecule has 0 spiro atoms. The first-order chi connectivity index (χ1) is 14.7. The van der Waals surface area contributed by atoms with Crippen LogP contribution in [0.25, 0.3) is 10.9 Å². The number of nitrogens with zero attached hydrogens (tertiary/aromatic N) is 4. The average Bonchev–Trinajstić information content (AvgIpc) is 3.16. The number of hydrogen-bond acceptors (Lipinski definition) is 5. The molecule has 1 saturated carbocycles. The number of hydrogen-bond donors (Lipinski definition) is 1. The molecule has 1 N–H and O–H groups in total. The first kappa shape index (κ1) is 21.0. The highest BCUT2D eigenvalue weighted by molar-refractivity contribution is 6.04. The van der Waals surface area contributed by atoms with Gasteiger partial charge in [-0.25, -0.2) is 4.98 Å². The summed E-state index contributed by atoms with van der Waals surface area (Å²) in [4.78, 5) is 30.3. The molecule has 0 aliphatic heterocycles. The topological polar surface area (TPSA) is 89.8 Å². The quantitative estimate of drug-likeness (QED) is 0.621. The highest BCUT2D eigenvalue weighted by Gasteiger charge is 2.33. The molecule has 31 heavy (non-hydrogen) atoms. The fourth-order valence-electron chi connectivity index (χ4n) is 3.82. The predicted octanol–water partition coefficient (Wildman–Crippen LogP) is 4.34. The van der Waals surface area contributed by atoms with Crippen molar-refractivity contribution in [2.24, 2.45) is 5.92 Å². The predicted molar refractivity (Wildman–Crippen MR) is 107 cm³/mol. The van der Waals surface area contributed by atoms with E-state index in [1.54, 1.807) is 13.0 Å². The summed E-state index contributed by atoms with van der Waals surface area (Å²) >= 11 is 0. The van der Waals surface area contributed by atoms with Gasteiger partial charge < -0.3 is 10.1 Å². The Morgan fingerprint density at radius 3 is 2.61 bits per heavy atom. The van der Waals surface area contributed by atoms with Crippen LogP contribution in [0.15, 0.2) is 30.7 Å². The Morgan fingerprint density at radius 2 is 1.94 bits per heavy atom. The lowest BCUT2D eigenvalue weighted by Gasteiger charge is -2.25. The molecule has 1 aliphatic carbocycles. The minimum absolute atomic E-state index is 0.115. The van der Waals surface area contributed by atoms with Gasteiger partial charge in [-0.2, -0.15) is 18.3 Å². The van der Waals surface area contributed by atoms with Crippen LogP contribution in [0.3, 0.4) is 0 Å². The summed E-state index contributed by atoms with van der Waals surface area (Å²) < 4.78 is 40.4. The van der Waals surface area contributed by atoms with E-state index in [9.17, 15) is 22.8 Å². The molecular weight excluding hydrogens is 411 g/mol. The number of fused-ring (bicyclic) bond motifs is 1. The standard InChI is InChI=1S/C21H20F3N5O2/c1-12-6-17-14(10-29(28-17)15-4-2-13(11-30)3-5-15)7-16(12)27-20(31)18-8-25-9-19(26-18)21(22,23)24/h6-11,13,15H,2-5H2,1H3,(H,27,31). The third kappa shape index (κ3) is 4.42. The molecule has 162 valence electrons. The number of aryl methyl sites for hydroxylation is 1. The van der Waals surface area contributed by atoms with Crippen molar-refractivity contribution >= 4 is 28.8 Å². The maximum Gasteiger partial charge on any atom is 0.434 e. The Bertz CT molecular complexity index is 1130. The van der Waals surface area contributed by atoms with E-state index in [2.05, 4.69) is 20.4 Å². The van der Waals surface area contributed by atoms with Gasteiger partial charge in [-0.3, -0.25) is 14.5 Å². The van der Waals surface area contributed by atoms with Crippen molar-refractivity contribution in [2.75, 3.05) is 5.32 Å². The van der Waals surface area contributed by atoms with Crippen LogP contribution in [0, 0.1) is 12.8 Å². The molecule has 10 heteroatoms. The number of rotatable bonds is 4. The molecule has 0 radical (unpaired) electrons. The number of nitrogens with one attached hydrogen (secondary N) is 1. The molecule has 3 aromatic rings. The number of anilines is 1. The van der Waals surface area contributed by atoms with Gasteiger partial charge in [0, 0.05) is 23.2 Å². The Balaban J connectivity index is 1.55. The average molecular weight is 431 g/mol. The first-order valence-corrected chi connectivity index (χ1v) is 9.90. The fourth-order valence-corrected chi connectivity index (χ4v) is 3.82. The lowest BCUT2D eigenvalue weighted by atomic mass is 9.87. The highest BCUT2D eigenvalue weighted by Crippen LogP contribution is 2.33. The van der Waals surface area contributed by atoms with E-state index in [4.69, 9.17) is 0 Å².